The SMILES string of the molecule is Clc1ccc2nnn(C3NCCc4ccccc43)c2n1. The van der Waals surface area contributed by atoms with Gasteiger partial charge in [-0.05, 0) is 29.7 Å². The molecule has 0 saturated heterocycles. The summed E-state index contributed by atoms with van der Waals surface area (Å²) in [6, 6.07) is 11.9. The van der Waals surface area contributed by atoms with Crippen LogP contribution in [0.1, 0.15) is 17.3 Å². The van der Waals surface area contributed by atoms with Gasteiger partial charge in [-0.2, -0.15) is 0 Å². The molecule has 1 atom stereocenters. The van der Waals surface area contributed by atoms with E-state index in [9.17, 15) is 0 Å². The summed E-state index contributed by atoms with van der Waals surface area (Å²) in [7, 11) is 0. The van der Waals surface area contributed by atoms with Crippen molar-refractivity contribution in [3.05, 3.63) is 52.7 Å². The number of fused-ring (bicyclic) bond motifs is 2. The highest BCUT2D eigenvalue weighted by Crippen LogP contribution is 2.26. The first-order chi connectivity index (χ1) is 9.83. The van der Waals surface area contributed by atoms with Crippen molar-refractivity contribution in [3.63, 3.8) is 0 Å². The van der Waals surface area contributed by atoms with Crippen molar-refractivity contribution in [1.29, 1.82) is 0 Å². The van der Waals surface area contributed by atoms with Gasteiger partial charge in [0.15, 0.2) is 5.65 Å². The van der Waals surface area contributed by atoms with Crippen molar-refractivity contribution in [2.45, 2.75) is 12.6 Å². The van der Waals surface area contributed by atoms with Gasteiger partial charge in [0.1, 0.15) is 16.8 Å². The minimum absolute atomic E-state index is 0.0454. The molecule has 1 unspecified atom stereocenters. The second-order valence-corrected chi connectivity index (χ2v) is 5.20. The molecule has 0 aliphatic carbocycles. The fourth-order valence-corrected chi connectivity index (χ4v) is 2.82. The molecule has 1 aliphatic rings. The van der Waals surface area contributed by atoms with Crippen LogP contribution >= 0.6 is 11.6 Å². The van der Waals surface area contributed by atoms with Gasteiger partial charge in [0, 0.05) is 6.54 Å². The topological polar surface area (TPSA) is 55.6 Å². The van der Waals surface area contributed by atoms with Gasteiger partial charge in [0.25, 0.3) is 0 Å². The lowest BCUT2D eigenvalue weighted by atomic mass is 9.99. The van der Waals surface area contributed by atoms with Crippen molar-refractivity contribution in [1.82, 2.24) is 25.3 Å². The Labute approximate surface area is 120 Å². The summed E-state index contributed by atoms with van der Waals surface area (Å²) < 4.78 is 1.80. The summed E-state index contributed by atoms with van der Waals surface area (Å²) >= 11 is 5.99. The van der Waals surface area contributed by atoms with Crippen LogP contribution in [0.25, 0.3) is 11.2 Å². The lowest BCUT2D eigenvalue weighted by molar-refractivity contribution is 0.410. The Bertz CT molecular complexity index is 782. The number of hydrogen-bond acceptors (Lipinski definition) is 4. The van der Waals surface area contributed by atoms with Crippen molar-refractivity contribution in [2.75, 3.05) is 6.54 Å². The van der Waals surface area contributed by atoms with Crippen molar-refractivity contribution in [2.24, 2.45) is 0 Å². The number of pyridine rings is 1. The summed E-state index contributed by atoms with van der Waals surface area (Å²) in [4.78, 5) is 4.35. The predicted molar refractivity (Wildman–Crippen MR) is 76.6 cm³/mol. The van der Waals surface area contributed by atoms with Crippen LogP contribution < -0.4 is 5.32 Å². The smallest absolute Gasteiger partial charge is 0.181 e. The molecule has 0 spiro atoms. The van der Waals surface area contributed by atoms with Gasteiger partial charge in [0.2, 0.25) is 0 Å². The predicted octanol–water partition coefficient (Wildman–Crippen LogP) is 2.17. The minimum atomic E-state index is -0.0454. The molecule has 0 bridgehead atoms. The van der Waals surface area contributed by atoms with E-state index in [4.69, 9.17) is 11.6 Å². The maximum atomic E-state index is 5.99. The Hall–Kier alpha value is -1.98. The Kier molecular flexibility index (Phi) is 2.68. The first-order valence-electron chi connectivity index (χ1n) is 6.51. The molecule has 4 rings (SSSR count). The molecule has 0 amide bonds. The molecular weight excluding hydrogens is 274 g/mol. The van der Waals surface area contributed by atoms with E-state index in [2.05, 4.69) is 38.8 Å². The number of aromatic nitrogens is 4. The average Bonchev–Trinajstić information content (AvgIpc) is 2.89. The van der Waals surface area contributed by atoms with Gasteiger partial charge in [-0.25, -0.2) is 9.67 Å². The minimum Gasteiger partial charge on any atom is -0.291 e. The molecule has 3 heterocycles. The standard InChI is InChI=1S/C14H12ClN5/c15-12-6-5-11-14(17-12)20(19-18-11)13-10-4-2-1-3-9(10)7-8-16-13/h1-6,13,16H,7-8H2. The Balaban J connectivity index is 1.90. The Morgan fingerprint density at radius 1 is 1.20 bits per heavy atom. The number of rotatable bonds is 1. The zero-order valence-electron chi connectivity index (χ0n) is 10.6. The summed E-state index contributed by atoms with van der Waals surface area (Å²) in [6.07, 6.45) is 0.976. The molecule has 0 saturated carbocycles. The summed E-state index contributed by atoms with van der Waals surface area (Å²) in [5.74, 6) is 0. The number of nitrogens with one attached hydrogen (secondary N) is 1. The van der Waals surface area contributed by atoms with Crippen LogP contribution in [0.4, 0.5) is 0 Å². The quantitative estimate of drug-likeness (QED) is 0.696. The average molecular weight is 286 g/mol. The molecule has 6 heteroatoms. The van der Waals surface area contributed by atoms with E-state index >= 15 is 0 Å². The fraction of sp³-hybridized carbons (Fsp3) is 0.214. The Morgan fingerprint density at radius 2 is 2.10 bits per heavy atom. The van der Waals surface area contributed by atoms with E-state index in [0.717, 1.165) is 18.5 Å². The highest BCUT2D eigenvalue weighted by Gasteiger charge is 2.23. The summed E-state index contributed by atoms with van der Waals surface area (Å²) in [5, 5.41) is 12.3. The van der Waals surface area contributed by atoms with Crippen LogP contribution in [-0.2, 0) is 6.42 Å². The van der Waals surface area contributed by atoms with E-state index in [1.165, 1.54) is 11.1 Å². The number of nitrogens with zero attached hydrogens (tertiary/aromatic N) is 4. The highest BCUT2D eigenvalue weighted by atomic mass is 35.5. The van der Waals surface area contributed by atoms with Crippen LogP contribution in [0, 0.1) is 0 Å². The molecule has 1 aliphatic heterocycles. The molecule has 0 fully saturated rings. The monoisotopic (exact) mass is 285 g/mol. The maximum absolute atomic E-state index is 5.99. The fourth-order valence-electron chi connectivity index (χ4n) is 2.68. The molecule has 2 aromatic heterocycles. The lowest BCUT2D eigenvalue weighted by Gasteiger charge is -2.26. The first-order valence-corrected chi connectivity index (χ1v) is 6.89. The lowest BCUT2D eigenvalue weighted by Crippen LogP contribution is -2.35. The third-order valence-corrected chi connectivity index (χ3v) is 3.82. The normalized spacial score (nSPS) is 18.1. The number of benzene rings is 1. The molecular formula is C14H12ClN5. The third-order valence-electron chi connectivity index (χ3n) is 3.61. The van der Waals surface area contributed by atoms with Crippen LogP contribution in [-0.4, -0.2) is 26.5 Å². The highest BCUT2D eigenvalue weighted by molar-refractivity contribution is 6.29. The second-order valence-electron chi connectivity index (χ2n) is 4.82. The first kappa shape index (κ1) is 11.8. The summed E-state index contributed by atoms with van der Waals surface area (Å²) in [5.41, 5.74) is 4.00. The number of halogens is 1. The van der Waals surface area contributed by atoms with Gasteiger partial charge < -0.3 is 0 Å². The van der Waals surface area contributed by atoms with Crippen LogP contribution in [0.3, 0.4) is 0 Å². The molecule has 20 heavy (non-hydrogen) atoms. The van der Waals surface area contributed by atoms with Gasteiger partial charge in [-0.3, -0.25) is 5.32 Å². The molecule has 3 aromatic rings. The van der Waals surface area contributed by atoms with E-state index < -0.39 is 0 Å². The van der Waals surface area contributed by atoms with E-state index in [0.29, 0.717) is 10.8 Å². The summed E-state index contributed by atoms with van der Waals surface area (Å²) in [6.45, 7) is 0.906. The Morgan fingerprint density at radius 3 is 3.05 bits per heavy atom. The van der Waals surface area contributed by atoms with Crippen molar-refractivity contribution in [3.8, 4) is 0 Å². The largest absolute Gasteiger partial charge is 0.291 e. The van der Waals surface area contributed by atoms with Gasteiger partial charge in [0.05, 0.1) is 0 Å². The van der Waals surface area contributed by atoms with E-state index in [1.54, 1.807) is 10.7 Å². The molecule has 100 valence electrons. The maximum Gasteiger partial charge on any atom is 0.181 e. The van der Waals surface area contributed by atoms with Gasteiger partial charge in [-0.1, -0.05) is 41.1 Å². The molecule has 1 aromatic carbocycles. The van der Waals surface area contributed by atoms with Gasteiger partial charge in [-0.15, -0.1) is 5.10 Å². The van der Waals surface area contributed by atoms with Crippen molar-refractivity contribution < 1.29 is 0 Å². The van der Waals surface area contributed by atoms with Crippen molar-refractivity contribution >= 4 is 22.8 Å². The molecule has 5 nitrogen and oxygen atoms in total. The zero-order chi connectivity index (χ0) is 13.5. The van der Waals surface area contributed by atoms with E-state index in [-0.39, 0.29) is 6.17 Å². The van der Waals surface area contributed by atoms with Crippen LogP contribution in [0.5, 0.6) is 0 Å². The van der Waals surface area contributed by atoms with Crippen LogP contribution in [0.15, 0.2) is 36.4 Å². The number of hydrogen-bond donors (Lipinski definition) is 1. The molecule has 1 N–H and O–H groups in total. The zero-order valence-corrected chi connectivity index (χ0v) is 11.4. The molecule has 0 radical (unpaired) electrons. The third kappa shape index (κ3) is 1.78. The second kappa shape index (κ2) is 4.54. The van der Waals surface area contributed by atoms with Gasteiger partial charge >= 0.3 is 0 Å². The van der Waals surface area contributed by atoms with E-state index in [1.807, 2.05) is 12.1 Å². The van der Waals surface area contributed by atoms with Crippen LogP contribution in [0.2, 0.25) is 5.15 Å².